The Morgan fingerprint density at radius 3 is 2.55 bits per heavy atom. The molecule has 5 nitrogen and oxygen atoms in total. The molecule has 0 aromatic heterocycles. The third kappa shape index (κ3) is 3.77. The predicted molar refractivity (Wildman–Crippen MR) is 109 cm³/mol. The minimum atomic E-state index is -0.436. The van der Waals surface area contributed by atoms with E-state index < -0.39 is 6.29 Å². The lowest BCUT2D eigenvalue weighted by Crippen LogP contribution is -2.46. The van der Waals surface area contributed by atoms with Crippen molar-refractivity contribution in [2.45, 2.75) is 25.0 Å². The molecule has 2 aliphatic heterocycles. The third-order valence-corrected chi connectivity index (χ3v) is 5.61. The second kappa shape index (κ2) is 7.95. The molecule has 0 spiro atoms. The van der Waals surface area contributed by atoms with Crippen molar-refractivity contribution in [2.24, 2.45) is 0 Å². The summed E-state index contributed by atoms with van der Waals surface area (Å²) in [5.41, 5.74) is 2.10. The van der Waals surface area contributed by atoms with Crippen molar-refractivity contribution in [3.05, 3.63) is 83.9 Å². The Balaban J connectivity index is 1.37. The van der Waals surface area contributed by atoms with Crippen LogP contribution in [0.1, 0.15) is 17.4 Å². The second-order valence-corrected chi connectivity index (χ2v) is 7.51. The molecule has 148 valence electrons. The van der Waals surface area contributed by atoms with Gasteiger partial charge in [0.2, 0.25) is 5.91 Å². The van der Waals surface area contributed by atoms with Crippen molar-refractivity contribution in [3.8, 4) is 0 Å². The molecule has 3 aromatic rings. The first-order valence-electron chi connectivity index (χ1n) is 9.96. The van der Waals surface area contributed by atoms with E-state index in [1.54, 1.807) is 0 Å². The van der Waals surface area contributed by atoms with Gasteiger partial charge in [0.05, 0.1) is 13.2 Å². The number of nitrogens with zero attached hydrogens (tertiary/aromatic N) is 1. The van der Waals surface area contributed by atoms with Crippen molar-refractivity contribution >= 4 is 16.7 Å². The van der Waals surface area contributed by atoms with E-state index in [0.29, 0.717) is 19.7 Å². The van der Waals surface area contributed by atoms with Crippen molar-refractivity contribution in [1.29, 1.82) is 0 Å². The monoisotopic (exact) mass is 389 g/mol. The molecule has 0 saturated carbocycles. The number of carbonyl (C=O) groups is 1. The highest BCUT2D eigenvalue weighted by Crippen LogP contribution is 2.30. The highest BCUT2D eigenvalue weighted by Gasteiger charge is 2.38. The lowest BCUT2D eigenvalue weighted by molar-refractivity contribution is -0.261. The zero-order valence-corrected chi connectivity index (χ0v) is 16.1. The molecule has 0 bridgehead atoms. The Labute approximate surface area is 169 Å². The fourth-order valence-electron chi connectivity index (χ4n) is 4.05. The summed E-state index contributed by atoms with van der Waals surface area (Å²) in [4.78, 5) is 14.6. The van der Waals surface area contributed by atoms with E-state index in [2.05, 4.69) is 24.3 Å². The molecule has 29 heavy (non-hydrogen) atoms. The highest BCUT2D eigenvalue weighted by atomic mass is 16.7. The molecule has 5 rings (SSSR count). The molecule has 2 fully saturated rings. The van der Waals surface area contributed by atoms with Gasteiger partial charge in [0.15, 0.2) is 6.29 Å². The fraction of sp³-hybridized carbons (Fsp3) is 0.292. The Kier molecular flexibility index (Phi) is 5.02. The summed E-state index contributed by atoms with van der Waals surface area (Å²) >= 11 is 0. The maximum atomic E-state index is 12.8. The van der Waals surface area contributed by atoms with Crippen molar-refractivity contribution in [3.63, 3.8) is 0 Å². The molecule has 2 heterocycles. The fourth-order valence-corrected chi connectivity index (χ4v) is 4.05. The molecule has 2 saturated heterocycles. The van der Waals surface area contributed by atoms with Gasteiger partial charge in [-0.05, 0) is 16.3 Å². The summed E-state index contributed by atoms with van der Waals surface area (Å²) < 4.78 is 17.9. The average molecular weight is 389 g/mol. The number of hydrogen-bond donors (Lipinski definition) is 0. The van der Waals surface area contributed by atoms with Crippen LogP contribution < -0.4 is 0 Å². The number of ether oxygens (including phenoxy) is 3. The maximum Gasteiger partial charge on any atom is 0.248 e. The summed E-state index contributed by atoms with van der Waals surface area (Å²) in [6, 6.07) is 24.3. The summed E-state index contributed by atoms with van der Waals surface area (Å²) in [7, 11) is 0. The van der Waals surface area contributed by atoms with E-state index in [0.717, 1.165) is 11.1 Å². The van der Waals surface area contributed by atoms with E-state index in [1.807, 2.05) is 53.4 Å². The van der Waals surface area contributed by atoms with Gasteiger partial charge in [-0.1, -0.05) is 72.8 Å². The second-order valence-electron chi connectivity index (χ2n) is 7.51. The largest absolute Gasteiger partial charge is 0.363 e. The van der Waals surface area contributed by atoms with Crippen molar-refractivity contribution in [1.82, 2.24) is 4.90 Å². The minimum absolute atomic E-state index is 0.0211. The number of hydrogen-bond acceptors (Lipinski definition) is 4. The molecule has 2 aliphatic rings. The molecule has 5 heteroatoms. The number of fused-ring (bicyclic) bond motifs is 2. The number of carbonyl (C=O) groups excluding carboxylic acids is 1. The Morgan fingerprint density at radius 1 is 0.862 bits per heavy atom. The Hall–Kier alpha value is -2.73. The van der Waals surface area contributed by atoms with Crippen LogP contribution in [-0.2, 0) is 25.5 Å². The van der Waals surface area contributed by atoms with E-state index in [1.165, 1.54) is 10.8 Å². The van der Waals surface area contributed by atoms with Crippen LogP contribution in [0.5, 0.6) is 0 Å². The maximum absolute atomic E-state index is 12.8. The first kappa shape index (κ1) is 18.3. The van der Waals surface area contributed by atoms with Crippen molar-refractivity contribution < 1.29 is 19.0 Å². The third-order valence-electron chi connectivity index (χ3n) is 5.61. The van der Waals surface area contributed by atoms with Gasteiger partial charge in [-0.15, -0.1) is 0 Å². The minimum Gasteiger partial charge on any atom is -0.363 e. The van der Waals surface area contributed by atoms with Crippen LogP contribution in [0, 0.1) is 0 Å². The summed E-state index contributed by atoms with van der Waals surface area (Å²) in [5, 5.41) is 2.34. The van der Waals surface area contributed by atoms with E-state index in [9.17, 15) is 4.79 Å². The van der Waals surface area contributed by atoms with Gasteiger partial charge < -0.3 is 19.1 Å². The molecular formula is C24H23NO4. The van der Waals surface area contributed by atoms with E-state index in [-0.39, 0.29) is 24.7 Å². The van der Waals surface area contributed by atoms with Crippen LogP contribution in [0.15, 0.2) is 72.8 Å². The Morgan fingerprint density at radius 2 is 1.66 bits per heavy atom. The quantitative estimate of drug-likeness (QED) is 0.686. The molecule has 3 atom stereocenters. The van der Waals surface area contributed by atoms with E-state index in [4.69, 9.17) is 14.2 Å². The number of amides is 1. The van der Waals surface area contributed by atoms with Crippen LogP contribution in [-0.4, -0.2) is 42.8 Å². The summed E-state index contributed by atoms with van der Waals surface area (Å²) in [6.07, 6.45) is -0.902. The molecule has 0 radical (unpaired) electrons. The van der Waals surface area contributed by atoms with Gasteiger partial charge >= 0.3 is 0 Å². The zero-order chi connectivity index (χ0) is 19.6. The lowest BCUT2D eigenvalue weighted by atomic mass is 10.0. The molecular weight excluding hydrogens is 366 g/mol. The van der Waals surface area contributed by atoms with Crippen LogP contribution in [0.2, 0.25) is 0 Å². The molecule has 0 N–H and O–H groups in total. The Bertz CT molecular complexity index is 1000. The molecule has 0 aliphatic carbocycles. The van der Waals surface area contributed by atoms with Crippen LogP contribution in [0.25, 0.3) is 10.8 Å². The smallest absolute Gasteiger partial charge is 0.248 e. The SMILES string of the molecule is O=C1CO[C@@H]2CO[C@@H](c3ccccc3)O[C@H]2CN1Cc1cccc2ccccc12. The lowest BCUT2D eigenvalue weighted by Gasteiger charge is -2.36. The normalized spacial score (nSPS) is 24.9. The number of rotatable bonds is 3. The summed E-state index contributed by atoms with van der Waals surface area (Å²) in [5.74, 6) is -0.0211. The van der Waals surface area contributed by atoms with Crippen LogP contribution in [0.4, 0.5) is 0 Å². The number of benzene rings is 3. The first-order valence-corrected chi connectivity index (χ1v) is 9.96. The standard InChI is InChI=1S/C24H23NO4/c26-23-16-27-22-15-28-24(18-8-2-1-3-9-18)29-21(22)14-25(23)13-19-11-6-10-17-7-4-5-12-20(17)19/h1-12,21-22,24H,13-16H2/t21-,22+,24+/m0/s1. The van der Waals surface area contributed by atoms with Gasteiger partial charge in [-0.25, -0.2) is 0 Å². The molecule has 3 aromatic carbocycles. The van der Waals surface area contributed by atoms with Crippen molar-refractivity contribution in [2.75, 3.05) is 19.8 Å². The average Bonchev–Trinajstić information content (AvgIpc) is 2.93. The first-order chi connectivity index (χ1) is 14.3. The van der Waals surface area contributed by atoms with Gasteiger partial charge in [-0.3, -0.25) is 4.79 Å². The molecule has 1 amide bonds. The van der Waals surface area contributed by atoms with Gasteiger partial charge in [0.25, 0.3) is 0 Å². The van der Waals surface area contributed by atoms with Crippen LogP contribution >= 0.6 is 0 Å². The summed E-state index contributed by atoms with van der Waals surface area (Å²) in [6.45, 7) is 1.49. The van der Waals surface area contributed by atoms with Gasteiger partial charge in [0.1, 0.15) is 18.8 Å². The van der Waals surface area contributed by atoms with Gasteiger partial charge in [-0.2, -0.15) is 0 Å². The van der Waals surface area contributed by atoms with E-state index >= 15 is 0 Å². The zero-order valence-electron chi connectivity index (χ0n) is 16.1. The molecule has 0 unspecified atom stereocenters. The predicted octanol–water partition coefficient (Wildman–Crippen LogP) is 3.68. The van der Waals surface area contributed by atoms with Gasteiger partial charge in [0, 0.05) is 12.1 Å². The topological polar surface area (TPSA) is 48.0 Å². The van der Waals surface area contributed by atoms with Crippen LogP contribution in [0.3, 0.4) is 0 Å². The highest BCUT2D eigenvalue weighted by molar-refractivity contribution is 5.86.